The molecule has 5 heteroatoms. The van der Waals surface area contributed by atoms with Gasteiger partial charge in [0, 0.05) is 6.04 Å². The molecule has 0 aromatic rings. The van der Waals surface area contributed by atoms with E-state index >= 15 is 0 Å². The van der Waals surface area contributed by atoms with Crippen LogP contribution < -0.4 is 10.6 Å². The predicted molar refractivity (Wildman–Crippen MR) is 64.7 cm³/mol. The average molecular weight is 242 g/mol. The summed E-state index contributed by atoms with van der Waals surface area (Å²) in [6.07, 6.45) is 2.51. The van der Waals surface area contributed by atoms with Gasteiger partial charge in [0.1, 0.15) is 6.04 Å². The molecule has 1 aliphatic rings. The lowest BCUT2D eigenvalue weighted by Crippen LogP contribution is -2.47. The second-order valence-electron chi connectivity index (χ2n) is 5.15. The Morgan fingerprint density at radius 3 is 2.47 bits per heavy atom. The van der Waals surface area contributed by atoms with Crippen molar-refractivity contribution < 1.29 is 14.7 Å². The summed E-state index contributed by atoms with van der Waals surface area (Å²) in [6, 6.07) is -0.929. The molecule has 3 N–H and O–H groups in total. The van der Waals surface area contributed by atoms with Crippen molar-refractivity contribution in [3.8, 4) is 0 Å². The molecule has 17 heavy (non-hydrogen) atoms. The second kappa shape index (κ2) is 5.89. The Kier molecular flexibility index (Phi) is 4.78. The van der Waals surface area contributed by atoms with Gasteiger partial charge in [-0.05, 0) is 24.7 Å². The summed E-state index contributed by atoms with van der Waals surface area (Å²) in [5.41, 5.74) is 0. The standard InChI is InChI=1S/C12H22N2O3/c1-4-8-6-9(8)13-12(17)14-10(11(15)16)5-7(2)3/h7-10H,4-6H2,1-3H3,(H,15,16)(H2,13,14,17)/t8?,9?,10-/m0/s1. The summed E-state index contributed by atoms with van der Waals surface area (Å²) in [7, 11) is 0. The molecular formula is C12H22N2O3. The van der Waals surface area contributed by atoms with Crippen molar-refractivity contribution in [2.24, 2.45) is 11.8 Å². The van der Waals surface area contributed by atoms with Crippen molar-refractivity contribution in [2.75, 3.05) is 0 Å². The van der Waals surface area contributed by atoms with Crippen LogP contribution in [0.2, 0.25) is 0 Å². The number of aliphatic carboxylic acids is 1. The summed E-state index contributed by atoms with van der Waals surface area (Å²) in [6.45, 7) is 5.95. The van der Waals surface area contributed by atoms with Crippen molar-refractivity contribution in [2.45, 2.75) is 52.1 Å². The average Bonchev–Trinajstić information content (AvgIpc) is 2.94. The third-order valence-corrected chi connectivity index (χ3v) is 3.07. The van der Waals surface area contributed by atoms with Gasteiger partial charge in [-0.1, -0.05) is 27.2 Å². The third-order valence-electron chi connectivity index (χ3n) is 3.07. The van der Waals surface area contributed by atoms with Crippen molar-refractivity contribution in [1.82, 2.24) is 10.6 Å². The van der Waals surface area contributed by atoms with Crippen LogP contribution in [0.15, 0.2) is 0 Å². The molecule has 2 unspecified atom stereocenters. The Hall–Kier alpha value is -1.26. The van der Waals surface area contributed by atoms with Gasteiger partial charge in [0.25, 0.3) is 0 Å². The summed E-state index contributed by atoms with van der Waals surface area (Å²) in [4.78, 5) is 22.5. The van der Waals surface area contributed by atoms with E-state index in [4.69, 9.17) is 5.11 Å². The molecule has 0 radical (unpaired) electrons. The van der Waals surface area contributed by atoms with E-state index in [2.05, 4.69) is 17.6 Å². The molecule has 1 fully saturated rings. The van der Waals surface area contributed by atoms with Gasteiger partial charge in [-0.25, -0.2) is 9.59 Å². The summed E-state index contributed by atoms with van der Waals surface area (Å²) in [5, 5.41) is 14.3. The van der Waals surface area contributed by atoms with Crippen LogP contribution in [0, 0.1) is 11.8 Å². The highest BCUT2D eigenvalue weighted by atomic mass is 16.4. The largest absolute Gasteiger partial charge is 0.480 e. The SMILES string of the molecule is CCC1CC1NC(=O)N[C@@H](CC(C)C)C(=O)O. The Bertz CT molecular complexity index is 291. The lowest BCUT2D eigenvalue weighted by Gasteiger charge is -2.16. The molecule has 0 heterocycles. The highest BCUT2D eigenvalue weighted by Gasteiger charge is 2.37. The van der Waals surface area contributed by atoms with Crippen molar-refractivity contribution in [3.63, 3.8) is 0 Å². The van der Waals surface area contributed by atoms with E-state index in [0.29, 0.717) is 12.3 Å². The van der Waals surface area contributed by atoms with E-state index in [1.54, 1.807) is 0 Å². The van der Waals surface area contributed by atoms with E-state index in [9.17, 15) is 9.59 Å². The quantitative estimate of drug-likeness (QED) is 0.661. The number of rotatable bonds is 6. The van der Waals surface area contributed by atoms with Gasteiger partial charge in [0.2, 0.25) is 0 Å². The first kappa shape index (κ1) is 13.8. The number of carboxylic acid groups (broad SMARTS) is 1. The molecule has 1 rings (SSSR count). The molecular weight excluding hydrogens is 220 g/mol. The van der Waals surface area contributed by atoms with Crippen LogP contribution in [0.3, 0.4) is 0 Å². The normalized spacial score (nSPS) is 24.2. The fourth-order valence-electron chi connectivity index (χ4n) is 1.94. The summed E-state index contributed by atoms with van der Waals surface area (Å²) >= 11 is 0. The number of carbonyl (C=O) groups is 2. The molecule has 2 amide bonds. The van der Waals surface area contributed by atoms with Gasteiger partial charge >= 0.3 is 12.0 Å². The first-order chi connectivity index (χ1) is 7.93. The van der Waals surface area contributed by atoms with E-state index in [1.165, 1.54) is 0 Å². The smallest absolute Gasteiger partial charge is 0.326 e. The monoisotopic (exact) mass is 242 g/mol. The topological polar surface area (TPSA) is 78.4 Å². The van der Waals surface area contributed by atoms with Crippen molar-refractivity contribution in [1.29, 1.82) is 0 Å². The molecule has 0 bridgehead atoms. The third kappa shape index (κ3) is 4.63. The highest BCUT2D eigenvalue weighted by molar-refractivity contribution is 5.82. The zero-order valence-corrected chi connectivity index (χ0v) is 10.7. The molecule has 0 aromatic carbocycles. The summed E-state index contributed by atoms with van der Waals surface area (Å²) in [5.74, 6) is -0.175. The number of hydrogen-bond acceptors (Lipinski definition) is 2. The lowest BCUT2D eigenvalue weighted by atomic mass is 10.0. The minimum Gasteiger partial charge on any atom is -0.480 e. The van der Waals surface area contributed by atoms with Crippen LogP contribution in [-0.4, -0.2) is 29.2 Å². The minimum atomic E-state index is -0.975. The maximum absolute atomic E-state index is 11.6. The molecule has 0 saturated heterocycles. The van der Waals surface area contributed by atoms with Gasteiger partial charge in [0.05, 0.1) is 0 Å². The Labute approximate surface area is 102 Å². The van der Waals surface area contributed by atoms with Crippen LogP contribution in [-0.2, 0) is 4.79 Å². The molecule has 0 aromatic heterocycles. The molecule has 0 aliphatic heterocycles. The number of carbonyl (C=O) groups excluding carboxylic acids is 1. The van der Waals surface area contributed by atoms with Crippen molar-refractivity contribution in [3.05, 3.63) is 0 Å². The second-order valence-corrected chi connectivity index (χ2v) is 5.15. The molecule has 1 saturated carbocycles. The van der Waals surface area contributed by atoms with Gasteiger partial charge in [-0.3, -0.25) is 0 Å². The van der Waals surface area contributed by atoms with Crippen LogP contribution in [0.4, 0.5) is 4.79 Å². The lowest BCUT2D eigenvalue weighted by molar-refractivity contribution is -0.139. The number of amides is 2. The number of urea groups is 1. The van der Waals surface area contributed by atoms with Crippen LogP contribution in [0.1, 0.15) is 40.0 Å². The van der Waals surface area contributed by atoms with Gasteiger partial charge in [0.15, 0.2) is 0 Å². The molecule has 5 nitrogen and oxygen atoms in total. The Balaban J connectivity index is 2.34. The zero-order valence-electron chi connectivity index (χ0n) is 10.7. The van der Waals surface area contributed by atoms with E-state index in [-0.39, 0.29) is 18.0 Å². The van der Waals surface area contributed by atoms with Gasteiger partial charge in [-0.15, -0.1) is 0 Å². The Morgan fingerprint density at radius 2 is 2.06 bits per heavy atom. The predicted octanol–water partition coefficient (Wildman–Crippen LogP) is 1.58. The summed E-state index contributed by atoms with van der Waals surface area (Å²) < 4.78 is 0. The van der Waals surface area contributed by atoms with E-state index in [1.807, 2.05) is 13.8 Å². The van der Waals surface area contributed by atoms with E-state index < -0.39 is 12.0 Å². The maximum Gasteiger partial charge on any atom is 0.326 e. The first-order valence-electron chi connectivity index (χ1n) is 6.23. The van der Waals surface area contributed by atoms with Crippen LogP contribution in [0.5, 0.6) is 0 Å². The number of nitrogens with one attached hydrogen (secondary N) is 2. The van der Waals surface area contributed by atoms with Crippen LogP contribution in [0.25, 0.3) is 0 Å². The van der Waals surface area contributed by atoms with E-state index in [0.717, 1.165) is 12.8 Å². The van der Waals surface area contributed by atoms with Gasteiger partial charge in [-0.2, -0.15) is 0 Å². The molecule has 98 valence electrons. The molecule has 1 aliphatic carbocycles. The fourth-order valence-corrected chi connectivity index (χ4v) is 1.94. The minimum absolute atomic E-state index is 0.230. The number of carboxylic acids is 1. The fraction of sp³-hybridized carbons (Fsp3) is 0.833. The number of hydrogen-bond donors (Lipinski definition) is 3. The first-order valence-corrected chi connectivity index (χ1v) is 6.23. The van der Waals surface area contributed by atoms with Crippen molar-refractivity contribution >= 4 is 12.0 Å². The zero-order chi connectivity index (χ0) is 13.0. The van der Waals surface area contributed by atoms with Gasteiger partial charge < -0.3 is 15.7 Å². The molecule has 0 spiro atoms. The molecule has 3 atom stereocenters. The highest BCUT2D eigenvalue weighted by Crippen LogP contribution is 2.32. The Morgan fingerprint density at radius 1 is 1.41 bits per heavy atom. The maximum atomic E-state index is 11.6. The van der Waals surface area contributed by atoms with Crippen LogP contribution >= 0.6 is 0 Å².